The Bertz CT molecular complexity index is 733. The van der Waals surface area contributed by atoms with Crippen LogP contribution in [-0.2, 0) is 9.53 Å². The van der Waals surface area contributed by atoms with Crippen molar-refractivity contribution in [1.29, 1.82) is 0 Å². The van der Waals surface area contributed by atoms with Crippen molar-refractivity contribution in [1.82, 2.24) is 10.6 Å². The number of hydrogen-bond acceptors (Lipinski definition) is 5. The lowest BCUT2D eigenvalue weighted by molar-refractivity contribution is -0.139. The van der Waals surface area contributed by atoms with Crippen molar-refractivity contribution in [2.75, 3.05) is 6.61 Å². The second-order valence-corrected chi connectivity index (χ2v) is 5.95. The molecule has 1 heterocycles. The van der Waals surface area contributed by atoms with Crippen LogP contribution in [0.15, 0.2) is 17.3 Å². The molecule has 1 aliphatic rings. The molecule has 0 bridgehead atoms. The van der Waals surface area contributed by atoms with Crippen molar-refractivity contribution in [2.24, 2.45) is 0 Å². The molecule has 0 radical (unpaired) electrons. The number of benzene rings is 1. The minimum Gasteiger partial charge on any atom is -0.506 e. The number of aromatic hydroxyl groups is 2. The van der Waals surface area contributed by atoms with Crippen LogP contribution in [-0.4, -0.2) is 28.8 Å². The Morgan fingerprint density at radius 2 is 2.00 bits per heavy atom. The molecule has 9 heteroatoms. The molecule has 2 amide bonds. The van der Waals surface area contributed by atoms with E-state index in [1.54, 1.807) is 0 Å². The van der Waals surface area contributed by atoms with Gasteiger partial charge in [-0.15, -0.1) is 0 Å². The number of rotatable bonds is 4. The smallest absolute Gasteiger partial charge is 0.338 e. The molecule has 1 aromatic rings. The van der Waals surface area contributed by atoms with Crippen molar-refractivity contribution in [3.63, 3.8) is 0 Å². The van der Waals surface area contributed by atoms with E-state index in [4.69, 9.17) is 27.9 Å². The number of amides is 2. The lowest BCUT2D eigenvalue weighted by Gasteiger charge is -2.29. The van der Waals surface area contributed by atoms with Crippen LogP contribution in [0.4, 0.5) is 4.79 Å². The highest BCUT2D eigenvalue weighted by molar-refractivity contribution is 6.38. The molecule has 24 heavy (non-hydrogen) atoms. The molecule has 0 aromatic heterocycles. The van der Waals surface area contributed by atoms with Gasteiger partial charge < -0.3 is 25.6 Å². The van der Waals surface area contributed by atoms with Gasteiger partial charge >= 0.3 is 12.0 Å². The van der Waals surface area contributed by atoms with Crippen molar-refractivity contribution in [3.8, 4) is 11.5 Å². The Labute approximate surface area is 148 Å². The third-order valence-electron chi connectivity index (χ3n) is 3.44. The number of ether oxygens (including phenoxy) is 1. The summed E-state index contributed by atoms with van der Waals surface area (Å²) >= 11 is 11.7. The van der Waals surface area contributed by atoms with Gasteiger partial charge in [-0.25, -0.2) is 9.59 Å². The molecule has 0 aliphatic carbocycles. The summed E-state index contributed by atoms with van der Waals surface area (Å²) in [5.41, 5.74) is 0.459. The normalized spacial score (nSPS) is 17.3. The summed E-state index contributed by atoms with van der Waals surface area (Å²) in [7, 11) is 0. The number of phenolic OH excluding ortho intramolecular Hbond substituents is 2. The number of halogens is 2. The number of esters is 1. The summed E-state index contributed by atoms with van der Waals surface area (Å²) in [4.78, 5) is 24.1. The first-order valence-electron chi connectivity index (χ1n) is 7.13. The number of urea groups is 1. The second-order valence-electron chi connectivity index (χ2n) is 5.16. The summed E-state index contributed by atoms with van der Waals surface area (Å²) in [6.07, 6.45) is 0.630. The van der Waals surface area contributed by atoms with E-state index < -0.39 is 29.5 Å². The van der Waals surface area contributed by atoms with Gasteiger partial charge in [-0.1, -0.05) is 30.1 Å². The predicted octanol–water partition coefficient (Wildman–Crippen LogP) is 2.99. The van der Waals surface area contributed by atoms with Crippen molar-refractivity contribution in [2.45, 2.75) is 26.3 Å². The molecule has 7 nitrogen and oxygen atoms in total. The minimum absolute atomic E-state index is 0.0699. The van der Waals surface area contributed by atoms with Gasteiger partial charge in [-0.05, 0) is 19.4 Å². The van der Waals surface area contributed by atoms with E-state index in [0.717, 1.165) is 0 Å². The first-order chi connectivity index (χ1) is 11.3. The maximum Gasteiger partial charge on any atom is 0.338 e. The summed E-state index contributed by atoms with van der Waals surface area (Å²) < 4.78 is 5.13. The topological polar surface area (TPSA) is 108 Å². The predicted molar refractivity (Wildman–Crippen MR) is 88.2 cm³/mol. The Morgan fingerprint density at radius 1 is 1.33 bits per heavy atom. The average Bonchev–Trinajstić information content (AvgIpc) is 2.53. The molecule has 1 aromatic carbocycles. The third kappa shape index (κ3) is 3.37. The van der Waals surface area contributed by atoms with Gasteiger partial charge in [0.15, 0.2) is 5.75 Å². The van der Waals surface area contributed by atoms with Gasteiger partial charge in [0.2, 0.25) is 0 Å². The molecule has 1 unspecified atom stereocenters. The van der Waals surface area contributed by atoms with Crippen molar-refractivity contribution < 1.29 is 24.5 Å². The van der Waals surface area contributed by atoms with Gasteiger partial charge in [0.25, 0.3) is 0 Å². The van der Waals surface area contributed by atoms with E-state index >= 15 is 0 Å². The molecular formula is C15H16Cl2N2O5. The van der Waals surface area contributed by atoms with E-state index in [1.807, 2.05) is 6.92 Å². The van der Waals surface area contributed by atoms with Crippen LogP contribution in [0.25, 0.3) is 0 Å². The fourth-order valence-corrected chi connectivity index (χ4v) is 2.78. The standard InChI is InChI=1S/C15H16Cl2N2O5/c1-3-4-24-14(22)9-6(2)18-15(23)19-11(9)7-5-8(16)13(21)10(17)12(7)20/h5,11,20-21H,3-4H2,1-2H3,(H2,18,19,23). The molecule has 1 atom stereocenters. The van der Waals surface area contributed by atoms with Gasteiger partial charge in [0, 0.05) is 11.3 Å². The van der Waals surface area contributed by atoms with E-state index in [1.165, 1.54) is 13.0 Å². The van der Waals surface area contributed by atoms with E-state index in [2.05, 4.69) is 10.6 Å². The van der Waals surface area contributed by atoms with Crippen LogP contribution < -0.4 is 10.6 Å². The highest BCUT2D eigenvalue weighted by Crippen LogP contribution is 2.45. The van der Waals surface area contributed by atoms with Crippen molar-refractivity contribution in [3.05, 3.63) is 32.9 Å². The Morgan fingerprint density at radius 3 is 2.62 bits per heavy atom. The zero-order chi connectivity index (χ0) is 18.0. The molecule has 0 saturated heterocycles. The monoisotopic (exact) mass is 374 g/mol. The lowest BCUT2D eigenvalue weighted by Crippen LogP contribution is -2.45. The van der Waals surface area contributed by atoms with Gasteiger partial charge in [0.05, 0.1) is 23.2 Å². The summed E-state index contributed by atoms with van der Waals surface area (Å²) in [6.45, 7) is 3.59. The van der Waals surface area contributed by atoms with Gasteiger partial charge in [-0.2, -0.15) is 0 Å². The third-order valence-corrected chi connectivity index (χ3v) is 4.08. The van der Waals surface area contributed by atoms with Crippen molar-refractivity contribution >= 4 is 35.2 Å². The fraction of sp³-hybridized carbons (Fsp3) is 0.333. The quantitative estimate of drug-likeness (QED) is 0.605. The molecule has 2 rings (SSSR count). The maximum atomic E-state index is 12.3. The SMILES string of the molecule is CCCOC(=O)C1=C(C)NC(=O)NC1c1cc(Cl)c(O)c(Cl)c1O. The first-order valence-corrected chi connectivity index (χ1v) is 7.88. The Balaban J connectivity index is 2.55. The zero-order valence-electron chi connectivity index (χ0n) is 12.9. The fourth-order valence-electron chi connectivity index (χ4n) is 2.31. The van der Waals surface area contributed by atoms with Crippen LogP contribution >= 0.6 is 23.2 Å². The Hall–Kier alpha value is -2.12. The largest absolute Gasteiger partial charge is 0.506 e. The number of carbonyl (C=O) groups is 2. The molecule has 0 spiro atoms. The highest BCUT2D eigenvalue weighted by atomic mass is 35.5. The Kier molecular flexibility index (Phi) is 5.46. The van der Waals surface area contributed by atoms with Gasteiger partial charge in [-0.3, -0.25) is 0 Å². The van der Waals surface area contributed by atoms with Crippen LogP contribution in [0.2, 0.25) is 10.0 Å². The second kappa shape index (κ2) is 7.19. The zero-order valence-corrected chi connectivity index (χ0v) is 14.5. The van der Waals surface area contributed by atoms with Gasteiger partial charge in [0.1, 0.15) is 10.8 Å². The molecule has 4 N–H and O–H groups in total. The lowest BCUT2D eigenvalue weighted by atomic mass is 9.94. The number of phenols is 2. The number of nitrogens with one attached hydrogen (secondary N) is 2. The molecule has 130 valence electrons. The number of hydrogen-bond donors (Lipinski definition) is 4. The summed E-state index contributed by atoms with van der Waals surface area (Å²) in [5, 5.41) is 24.4. The van der Waals surface area contributed by atoms with Crippen LogP contribution in [0.5, 0.6) is 11.5 Å². The van der Waals surface area contributed by atoms with Crippen LogP contribution in [0.1, 0.15) is 31.9 Å². The first kappa shape index (κ1) is 18.2. The van der Waals surface area contributed by atoms with E-state index in [0.29, 0.717) is 6.42 Å². The van der Waals surface area contributed by atoms with Crippen LogP contribution in [0.3, 0.4) is 0 Å². The van der Waals surface area contributed by atoms with E-state index in [-0.39, 0.29) is 33.5 Å². The molecule has 0 saturated carbocycles. The van der Waals surface area contributed by atoms with E-state index in [9.17, 15) is 19.8 Å². The summed E-state index contributed by atoms with van der Waals surface area (Å²) in [6, 6.07) is -0.364. The van der Waals surface area contributed by atoms with Crippen LogP contribution in [0, 0.1) is 0 Å². The maximum absolute atomic E-state index is 12.3. The highest BCUT2D eigenvalue weighted by Gasteiger charge is 2.35. The minimum atomic E-state index is -1.03. The molecule has 1 aliphatic heterocycles. The molecular weight excluding hydrogens is 359 g/mol. The number of allylic oxidation sites excluding steroid dienone is 1. The summed E-state index contributed by atoms with van der Waals surface area (Å²) in [5.74, 6) is -1.62. The number of carbonyl (C=O) groups excluding carboxylic acids is 2. The average molecular weight is 375 g/mol. The molecule has 0 fully saturated rings.